The summed E-state index contributed by atoms with van der Waals surface area (Å²) in [5.41, 5.74) is 7.54. The van der Waals surface area contributed by atoms with Crippen molar-refractivity contribution < 1.29 is 9.63 Å². The number of rotatable bonds is 5. The lowest BCUT2D eigenvalue weighted by molar-refractivity contribution is -0.124. The van der Waals surface area contributed by atoms with Gasteiger partial charge in [0, 0.05) is 43.7 Å². The van der Waals surface area contributed by atoms with Crippen LogP contribution < -0.4 is 21.5 Å². The molecule has 136 valence electrons. The molecule has 1 amide bonds. The molecule has 3 aliphatic heterocycles. The van der Waals surface area contributed by atoms with Gasteiger partial charge in [0.05, 0.1) is 12.1 Å². The second kappa shape index (κ2) is 8.03. The lowest BCUT2D eigenvalue weighted by atomic mass is 10.1. The highest BCUT2D eigenvalue weighted by molar-refractivity contribution is 8.00. The average Bonchev–Trinajstić information content (AvgIpc) is 3.37. The SMILES string of the molecule is O=C(NC1CNN(Cc2ccccc2)C1)C1CC(C2CNCS2)ON1. The van der Waals surface area contributed by atoms with E-state index in [1.807, 2.05) is 30.0 Å². The van der Waals surface area contributed by atoms with E-state index in [9.17, 15) is 4.79 Å². The summed E-state index contributed by atoms with van der Waals surface area (Å²) in [5.74, 6) is 0.999. The minimum absolute atomic E-state index is 0.0341. The predicted octanol–water partition coefficient (Wildman–Crippen LogP) is -0.184. The summed E-state index contributed by atoms with van der Waals surface area (Å²) >= 11 is 1.86. The fraction of sp³-hybridized carbons (Fsp3) is 0.588. The van der Waals surface area contributed by atoms with E-state index in [0.717, 1.165) is 38.5 Å². The van der Waals surface area contributed by atoms with Crippen molar-refractivity contribution in [2.75, 3.05) is 25.5 Å². The molecule has 25 heavy (non-hydrogen) atoms. The van der Waals surface area contributed by atoms with Crippen LogP contribution in [0.4, 0.5) is 0 Å². The Bertz CT molecular complexity index is 584. The summed E-state index contributed by atoms with van der Waals surface area (Å²) in [5, 5.41) is 9.04. The van der Waals surface area contributed by atoms with Crippen LogP contribution in [0.25, 0.3) is 0 Å². The number of nitrogens with one attached hydrogen (secondary N) is 4. The van der Waals surface area contributed by atoms with E-state index in [1.165, 1.54) is 5.56 Å². The first-order chi connectivity index (χ1) is 12.3. The van der Waals surface area contributed by atoms with E-state index >= 15 is 0 Å². The smallest absolute Gasteiger partial charge is 0.239 e. The molecule has 4 rings (SSSR count). The molecule has 0 bridgehead atoms. The van der Waals surface area contributed by atoms with Gasteiger partial charge in [-0.25, -0.2) is 5.01 Å². The Kier molecular flexibility index (Phi) is 5.54. The van der Waals surface area contributed by atoms with Gasteiger partial charge in [-0.3, -0.25) is 15.1 Å². The fourth-order valence-corrected chi connectivity index (χ4v) is 4.58. The average molecular weight is 363 g/mol. The number of nitrogens with zero attached hydrogens (tertiary/aromatic N) is 1. The molecule has 3 heterocycles. The van der Waals surface area contributed by atoms with Crippen molar-refractivity contribution in [3.8, 4) is 0 Å². The van der Waals surface area contributed by atoms with Crippen LogP contribution in [0.2, 0.25) is 0 Å². The molecular formula is C17H25N5O2S. The van der Waals surface area contributed by atoms with Gasteiger partial charge < -0.3 is 10.6 Å². The molecule has 4 atom stereocenters. The summed E-state index contributed by atoms with van der Waals surface area (Å²) < 4.78 is 0. The Labute approximate surface area is 152 Å². The van der Waals surface area contributed by atoms with E-state index in [4.69, 9.17) is 4.84 Å². The van der Waals surface area contributed by atoms with Crippen molar-refractivity contribution in [2.45, 2.75) is 36.4 Å². The first-order valence-corrected chi connectivity index (χ1v) is 9.89. The van der Waals surface area contributed by atoms with Crippen molar-refractivity contribution in [2.24, 2.45) is 0 Å². The van der Waals surface area contributed by atoms with Gasteiger partial charge in [0.15, 0.2) is 0 Å². The zero-order valence-electron chi connectivity index (χ0n) is 14.1. The third-order valence-corrected chi connectivity index (χ3v) is 6.14. The van der Waals surface area contributed by atoms with E-state index in [0.29, 0.717) is 5.25 Å². The first kappa shape index (κ1) is 17.3. The largest absolute Gasteiger partial charge is 0.349 e. The maximum Gasteiger partial charge on any atom is 0.239 e. The molecule has 1 aromatic carbocycles. The van der Waals surface area contributed by atoms with Crippen LogP contribution >= 0.6 is 11.8 Å². The molecular weight excluding hydrogens is 338 g/mol. The lowest BCUT2D eigenvalue weighted by Crippen LogP contribution is -2.47. The maximum atomic E-state index is 12.5. The summed E-state index contributed by atoms with van der Waals surface area (Å²) in [6.45, 7) is 3.36. The molecule has 7 nitrogen and oxygen atoms in total. The molecule has 3 saturated heterocycles. The van der Waals surface area contributed by atoms with Gasteiger partial charge in [0.1, 0.15) is 6.04 Å². The Morgan fingerprint density at radius 1 is 1.32 bits per heavy atom. The fourth-order valence-electron chi connectivity index (χ4n) is 3.51. The molecule has 0 radical (unpaired) electrons. The van der Waals surface area contributed by atoms with Crippen LogP contribution in [0.1, 0.15) is 12.0 Å². The molecule has 8 heteroatoms. The number of hydroxylamine groups is 1. The van der Waals surface area contributed by atoms with Gasteiger partial charge in [-0.05, 0) is 5.56 Å². The highest BCUT2D eigenvalue weighted by Crippen LogP contribution is 2.26. The molecule has 4 unspecified atom stereocenters. The molecule has 0 aromatic heterocycles. The van der Waals surface area contributed by atoms with Crippen molar-refractivity contribution in [3.05, 3.63) is 35.9 Å². The van der Waals surface area contributed by atoms with E-state index < -0.39 is 0 Å². The van der Waals surface area contributed by atoms with Crippen molar-refractivity contribution >= 4 is 17.7 Å². The monoisotopic (exact) mass is 363 g/mol. The zero-order chi connectivity index (χ0) is 17.1. The molecule has 3 fully saturated rings. The highest BCUT2D eigenvalue weighted by Gasteiger charge is 2.38. The molecule has 4 N–H and O–H groups in total. The number of hydrogen-bond acceptors (Lipinski definition) is 7. The van der Waals surface area contributed by atoms with Crippen molar-refractivity contribution in [3.63, 3.8) is 0 Å². The number of carbonyl (C=O) groups excluding carboxylic acids is 1. The van der Waals surface area contributed by atoms with Crippen LogP contribution in [0.3, 0.4) is 0 Å². The van der Waals surface area contributed by atoms with Gasteiger partial charge in [0.2, 0.25) is 5.91 Å². The standard InChI is InChI=1S/C17H25N5O2S/c23-17(14-6-15(24-21-14)16-8-18-11-25-16)20-13-7-19-22(10-13)9-12-4-2-1-3-5-12/h1-5,13-16,18-19,21H,6-11H2,(H,20,23). The number of thioether (sulfide) groups is 1. The van der Waals surface area contributed by atoms with Gasteiger partial charge in [-0.1, -0.05) is 30.3 Å². The predicted molar refractivity (Wildman–Crippen MR) is 97.4 cm³/mol. The Balaban J connectivity index is 1.22. The van der Waals surface area contributed by atoms with Crippen molar-refractivity contribution in [1.82, 2.24) is 26.5 Å². The number of carbonyl (C=O) groups is 1. The van der Waals surface area contributed by atoms with Gasteiger partial charge in [0.25, 0.3) is 0 Å². The number of benzene rings is 1. The van der Waals surface area contributed by atoms with Crippen LogP contribution in [0.5, 0.6) is 0 Å². The number of hydrazine groups is 1. The zero-order valence-corrected chi connectivity index (χ0v) is 14.9. The first-order valence-electron chi connectivity index (χ1n) is 8.84. The van der Waals surface area contributed by atoms with Gasteiger partial charge in [-0.15, -0.1) is 11.8 Å². The number of hydrogen-bond donors (Lipinski definition) is 4. The van der Waals surface area contributed by atoms with Crippen LogP contribution in [-0.4, -0.2) is 59.9 Å². The second-order valence-electron chi connectivity index (χ2n) is 6.80. The highest BCUT2D eigenvalue weighted by atomic mass is 32.2. The molecule has 3 aliphatic rings. The van der Waals surface area contributed by atoms with E-state index in [1.54, 1.807) is 0 Å². The van der Waals surface area contributed by atoms with Crippen molar-refractivity contribution in [1.29, 1.82) is 0 Å². The maximum absolute atomic E-state index is 12.5. The van der Waals surface area contributed by atoms with Gasteiger partial charge >= 0.3 is 0 Å². The topological polar surface area (TPSA) is 77.7 Å². The summed E-state index contributed by atoms with van der Waals surface area (Å²) in [7, 11) is 0. The minimum Gasteiger partial charge on any atom is -0.349 e. The molecule has 1 aromatic rings. The quantitative estimate of drug-likeness (QED) is 0.578. The molecule has 0 spiro atoms. The third kappa shape index (κ3) is 4.33. The van der Waals surface area contributed by atoms with Crippen LogP contribution in [0, 0.1) is 0 Å². The van der Waals surface area contributed by atoms with Gasteiger partial charge in [-0.2, -0.15) is 5.48 Å². The Morgan fingerprint density at radius 3 is 3.00 bits per heavy atom. The summed E-state index contributed by atoms with van der Waals surface area (Å²) in [6, 6.07) is 10.2. The minimum atomic E-state index is -0.255. The normalized spacial score (nSPS) is 33.0. The van der Waals surface area contributed by atoms with E-state index in [-0.39, 0.29) is 24.1 Å². The molecule has 0 aliphatic carbocycles. The van der Waals surface area contributed by atoms with E-state index in [2.05, 4.69) is 38.7 Å². The summed E-state index contributed by atoms with van der Waals surface area (Å²) in [4.78, 5) is 18.1. The number of amides is 1. The Hall–Kier alpha value is -1.16. The lowest BCUT2D eigenvalue weighted by Gasteiger charge is -2.17. The van der Waals surface area contributed by atoms with Crippen LogP contribution in [-0.2, 0) is 16.2 Å². The van der Waals surface area contributed by atoms with Crippen LogP contribution in [0.15, 0.2) is 30.3 Å². The second-order valence-corrected chi connectivity index (χ2v) is 8.03. The molecule has 0 saturated carbocycles. The Morgan fingerprint density at radius 2 is 2.20 bits per heavy atom. The summed E-state index contributed by atoms with van der Waals surface area (Å²) in [6.07, 6.45) is 0.839. The third-order valence-electron chi connectivity index (χ3n) is 4.87.